The summed E-state index contributed by atoms with van der Waals surface area (Å²) in [5, 5.41) is 10.1. The number of hydrogen-bond acceptors (Lipinski definition) is 4. The van der Waals surface area contributed by atoms with Crippen molar-refractivity contribution in [2.45, 2.75) is 20.3 Å². The Bertz CT molecular complexity index is 649. The monoisotopic (exact) mass is 258 g/mol. The molecule has 0 saturated carbocycles. The first kappa shape index (κ1) is 12.9. The van der Waals surface area contributed by atoms with Crippen LogP contribution in [0.1, 0.15) is 19.5 Å². The normalized spacial score (nSPS) is 10.2. The van der Waals surface area contributed by atoms with Gasteiger partial charge in [0.2, 0.25) is 5.91 Å². The van der Waals surface area contributed by atoms with Crippen LogP contribution in [0.15, 0.2) is 29.3 Å². The van der Waals surface area contributed by atoms with Crippen LogP contribution in [0.3, 0.4) is 0 Å². The van der Waals surface area contributed by atoms with E-state index in [1.54, 1.807) is 24.5 Å². The smallest absolute Gasteiger partial charge is 0.271 e. The quantitative estimate of drug-likeness (QED) is 0.870. The van der Waals surface area contributed by atoms with Crippen LogP contribution in [-0.4, -0.2) is 21.1 Å². The summed E-state index contributed by atoms with van der Waals surface area (Å²) in [6.45, 7) is 3.31. The van der Waals surface area contributed by atoms with E-state index in [1.807, 2.05) is 6.92 Å². The minimum absolute atomic E-state index is 0.233. The molecule has 2 aromatic heterocycles. The summed E-state index contributed by atoms with van der Waals surface area (Å²) in [4.78, 5) is 25.7. The fraction of sp³-hybridized carbons (Fsp3) is 0.231. The Morgan fingerprint density at radius 2 is 2.21 bits per heavy atom. The molecular formula is C13H14N4O2. The topological polar surface area (TPSA) is 87.7 Å². The van der Waals surface area contributed by atoms with Crippen molar-refractivity contribution in [3.63, 3.8) is 0 Å². The molecule has 0 atom stereocenters. The number of aryl methyl sites for hydroxylation is 1. The standard InChI is InChI=1S/C13H14N4O2/c1-3-11-10(9-4-5-14-15-7-9)6-12(13(19)17-11)16-8(2)18/h4-7H,3H2,1-2H3,(H,16,18)(H,17,19). The average molecular weight is 258 g/mol. The lowest BCUT2D eigenvalue weighted by molar-refractivity contribution is -0.114. The van der Waals surface area contributed by atoms with Crippen molar-refractivity contribution in [2.75, 3.05) is 5.32 Å². The molecule has 2 rings (SSSR count). The van der Waals surface area contributed by atoms with Gasteiger partial charge in [-0.15, -0.1) is 0 Å². The second-order valence-electron chi connectivity index (χ2n) is 4.07. The lowest BCUT2D eigenvalue weighted by Crippen LogP contribution is -2.19. The molecule has 0 aliphatic carbocycles. The molecule has 6 nitrogen and oxygen atoms in total. The summed E-state index contributed by atoms with van der Waals surface area (Å²) < 4.78 is 0. The highest BCUT2D eigenvalue weighted by molar-refractivity contribution is 5.89. The molecule has 19 heavy (non-hydrogen) atoms. The van der Waals surface area contributed by atoms with Gasteiger partial charge >= 0.3 is 0 Å². The third-order valence-corrected chi connectivity index (χ3v) is 2.68. The van der Waals surface area contributed by atoms with Gasteiger partial charge in [0, 0.05) is 23.7 Å². The molecule has 0 bridgehead atoms. The lowest BCUT2D eigenvalue weighted by Gasteiger charge is -2.10. The first-order valence-electron chi connectivity index (χ1n) is 5.92. The molecule has 0 spiro atoms. The van der Waals surface area contributed by atoms with Crippen LogP contribution < -0.4 is 10.9 Å². The summed E-state index contributed by atoms with van der Waals surface area (Å²) >= 11 is 0. The Morgan fingerprint density at radius 3 is 2.79 bits per heavy atom. The van der Waals surface area contributed by atoms with Gasteiger partial charge in [0.1, 0.15) is 5.69 Å². The second kappa shape index (κ2) is 5.43. The molecule has 0 unspecified atom stereocenters. The van der Waals surface area contributed by atoms with E-state index in [-0.39, 0.29) is 17.2 Å². The van der Waals surface area contributed by atoms with E-state index < -0.39 is 0 Å². The van der Waals surface area contributed by atoms with Crippen molar-refractivity contribution < 1.29 is 4.79 Å². The van der Waals surface area contributed by atoms with Gasteiger partial charge in [-0.3, -0.25) is 9.59 Å². The molecule has 0 aromatic carbocycles. The van der Waals surface area contributed by atoms with Gasteiger partial charge in [-0.05, 0) is 18.6 Å². The van der Waals surface area contributed by atoms with E-state index in [0.717, 1.165) is 16.8 Å². The number of rotatable bonds is 3. The van der Waals surface area contributed by atoms with Crippen LogP contribution in [0, 0.1) is 0 Å². The van der Waals surface area contributed by atoms with Gasteiger partial charge in [-0.1, -0.05) is 6.92 Å². The van der Waals surface area contributed by atoms with Crippen molar-refractivity contribution in [1.82, 2.24) is 15.2 Å². The Kier molecular flexibility index (Phi) is 3.70. The summed E-state index contributed by atoms with van der Waals surface area (Å²) in [6.07, 6.45) is 3.87. The molecule has 0 saturated heterocycles. The predicted octanol–water partition coefficient (Wildman–Crippen LogP) is 1.35. The zero-order chi connectivity index (χ0) is 13.8. The van der Waals surface area contributed by atoms with Gasteiger partial charge in [0.25, 0.3) is 5.56 Å². The largest absolute Gasteiger partial charge is 0.324 e. The van der Waals surface area contributed by atoms with Gasteiger partial charge in [-0.2, -0.15) is 10.2 Å². The summed E-state index contributed by atoms with van der Waals surface area (Å²) in [7, 11) is 0. The van der Waals surface area contributed by atoms with Crippen LogP contribution in [0.2, 0.25) is 0 Å². The van der Waals surface area contributed by atoms with E-state index in [9.17, 15) is 9.59 Å². The molecule has 0 aliphatic heterocycles. The number of H-pyrrole nitrogens is 1. The van der Waals surface area contributed by atoms with Crippen LogP contribution in [0.25, 0.3) is 11.1 Å². The van der Waals surface area contributed by atoms with E-state index in [0.29, 0.717) is 6.42 Å². The van der Waals surface area contributed by atoms with Crippen molar-refractivity contribution in [1.29, 1.82) is 0 Å². The Morgan fingerprint density at radius 1 is 1.42 bits per heavy atom. The minimum Gasteiger partial charge on any atom is -0.324 e. The molecule has 2 heterocycles. The number of anilines is 1. The zero-order valence-electron chi connectivity index (χ0n) is 10.7. The maximum Gasteiger partial charge on any atom is 0.271 e. The van der Waals surface area contributed by atoms with Gasteiger partial charge in [0.05, 0.1) is 12.4 Å². The fourth-order valence-electron chi connectivity index (χ4n) is 1.84. The molecular weight excluding hydrogens is 244 g/mol. The number of nitrogens with zero attached hydrogens (tertiary/aromatic N) is 2. The number of aromatic amines is 1. The summed E-state index contributed by atoms with van der Waals surface area (Å²) in [5.41, 5.74) is 2.40. The maximum absolute atomic E-state index is 11.8. The maximum atomic E-state index is 11.8. The Balaban J connectivity index is 2.58. The number of amides is 1. The molecule has 98 valence electrons. The van der Waals surface area contributed by atoms with E-state index in [4.69, 9.17) is 0 Å². The van der Waals surface area contributed by atoms with Crippen molar-refractivity contribution >= 4 is 11.6 Å². The molecule has 0 aliphatic rings. The molecule has 0 fully saturated rings. The first-order valence-corrected chi connectivity index (χ1v) is 5.92. The van der Waals surface area contributed by atoms with Crippen LogP contribution in [0.4, 0.5) is 5.69 Å². The SMILES string of the molecule is CCc1[nH]c(=O)c(NC(C)=O)cc1-c1ccnnc1. The van der Waals surface area contributed by atoms with E-state index in [1.165, 1.54) is 6.92 Å². The number of carbonyl (C=O) groups excluding carboxylic acids is 1. The highest BCUT2D eigenvalue weighted by Crippen LogP contribution is 2.22. The Hall–Kier alpha value is -2.50. The van der Waals surface area contributed by atoms with E-state index in [2.05, 4.69) is 20.5 Å². The predicted molar refractivity (Wildman–Crippen MR) is 71.8 cm³/mol. The molecule has 0 radical (unpaired) electrons. The molecule has 1 amide bonds. The molecule has 2 aromatic rings. The second-order valence-corrected chi connectivity index (χ2v) is 4.07. The summed E-state index contributed by atoms with van der Waals surface area (Å²) in [6, 6.07) is 3.47. The fourth-order valence-corrected chi connectivity index (χ4v) is 1.84. The van der Waals surface area contributed by atoms with Gasteiger partial charge in [0.15, 0.2) is 0 Å². The number of pyridine rings is 1. The van der Waals surface area contributed by atoms with Crippen molar-refractivity contribution in [3.05, 3.63) is 40.6 Å². The summed E-state index contributed by atoms with van der Waals surface area (Å²) in [5.74, 6) is -0.284. The minimum atomic E-state index is -0.308. The van der Waals surface area contributed by atoms with Gasteiger partial charge < -0.3 is 10.3 Å². The number of nitrogens with one attached hydrogen (secondary N) is 2. The third kappa shape index (κ3) is 2.85. The van der Waals surface area contributed by atoms with Crippen LogP contribution in [0.5, 0.6) is 0 Å². The average Bonchev–Trinajstić information content (AvgIpc) is 2.41. The van der Waals surface area contributed by atoms with Gasteiger partial charge in [-0.25, -0.2) is 0 Å². The molecule has 2 N–H and O–H groups in total. The molecule has 6 heteroatoms. The van der Waals surface area contributed by atoms with Crippen molar-refractivity contribution in [3.8, 4) is 11.1 Å². The zero-order valence-corrected chi connectivity index (χ0v) is 10.7. The highest BCUT2D eigenvalue weighted by Gasteiger charge is 2.10. The number of hydrogen-bond donors (Lipinski definition) is 2. The lowest BCUT2D eigenvalue weighted by atomic mass is 10.0. The number of carbonyl (C=O) groups is 1. The van der Waals surface area contributed by atoms with Crippen LogP contribution in [-0.2, 0) is 11.2 Å². The highest BCUT2D eigenvalue weighted by atomic mass is 16.2. The van der Waals surface area contributed by atoms with Crippen molar-refractivity contribution in [2.24, 2.45) is 0 Å². The third-order valence-electron chi connectivity index (χ3n) is 2.68. The van der Waals surface area contributed by atoms with Crippen LogP contribution >= 0.6 is 0 Å². The van der Waals surface area contributed by atoms with E-state index >= 15 is 0 Å². The number of aromatic nitrogens is 3. The Labute approximate surface area is 109 Å². The first-order chi connectivity index (χ1) is 9.11.